The number of allylic oxidation sites excluding steroid dienone is 6. The molecule has 0 saturated heterocycles. The molecular weight excluding hydrogens is 322 g/mol. The maximum atomic E-state index is 13.7. The number of alkyl halides is 1. The third-order valence-corrected chi connectivity index (χ3v) is 3.80. The Morgan fingerprint density at radius 1 is 1.48 bits per heavy atom. The highest BCUT2D eigenvalue weighted by atomic mass is 19.1. The van der Waals surface area contributed by atoms with Crippen molar-refractivity contribution >= 4 is 6.21 Å². The van der Waals surface area contributed by atoms with Crippen LogP contribution in [0.1, 0.15) is 46.5 Å². The van der Waals surface area contributed by atoms with Crippen molar-refractivity contribution in [1.82, 2.24) is 10.6 Å². The first kappa shape index (κ1) is 20.9. The SMILES string of the molecule is CCCN/C(C)=C(\F)C=NCCC/C(N)=C/NC1=CCC(F)C(C)=C1. The van der Waals surface area contributed by atoms with E-state index < -0.39 is 6.17 Å². The van der Waals surface area contributed by atoms with E-state index in [0.717, 1.165) is 25.1 Å². The summed E-state index contributed by atoms with van der Waals surface area (Å²) >= 11 is 0. The Balaban J connectivity index is 2.30. The second-order valence-electron chi connectivity index (χ2n) is 6.15. The van der Waals surface area contributed by atoms with Gasteiger partial charge in [0.2, 0.25) is 0 Å². The van der Waals surface area contributed by atoms with E-state index in [1.165, 1.54) is 6.21 Å². The maximum Gasteiger partial charge on any atom is 0.159 e. The first-order valence-corrected chi connectivity index (χ1v) is 8.77. The molecule has 0 heterocycles. The maximum absolute atomic E-state index is 13.7. The molecule has 140 valence electrons. The van der Waals surface area contributed by atoms with Gasteiger partial charge in [-0.3, -0.25) is 4.99 Å². The van der Waals surface area contributed by atoms with Crippen molar-refractivity contribution in [3.05, 3.63) is 46.8 Å². The molecule has 6 heteroatoms. The highest BCUT2D eigenvalue weighted by molar-refractivity contribution is 5.76. The molecule has 0 aromatic heterocycles. The lowest BCUT2D eigenvalue weighted by Crippen LogP contribution is -2.14. The van der Waals surface area contributed by atoms with E-state index in [1.807, 2.05) is 13.0 Å². The van der Waals surface area contributed by atoms with Gasteiger partial charge in [0.1, 0.15) is 6.17 Å². The van der Waals surface area contributed by atoms with E-state index >= 15 is 0 Å². The van der Waals surface area contributed by atoms with E-state index in [2.05, 4.69) is 15.6 Å². The minimum absolute atomic E-state index is 0.337. The van der Waals surface area contributed by atoms with Gasteiger partial charge in [-0.2, -0.15) is 0 Å². The molecule has 0 saturated carbocycles. The molecule has 1 unspecified atom stereocenters. The van der Waals surface area contributed by atoms with Gasteiger partial charge in [-0.1, -0.05) is 13.0 Å². The molecule has 0 spiro atoms. The number of nitrogens with one attached hydrogen (secondary N) is 2. The van der Waals surface area contributed by atoms with Crippen LogP contribution < -0.4 is 16.4 Å². The topological polar surface area (TPSA) is 62.4 Å². The van der Waals surface area contributed by atoms with Crippen LogP contribution in [-0.2, 0) is 0 Å². The Hall–Kier alpha value is -2.11. The molecule has 1 atom stereocenters. The van der Waals surface area contributed by atoms with Crippen LogP contribution in [0.5, 0.6) is 0 Å². The third-order valence-electron chi connectivity index (χ3n) is 3.80. The summed E-state index contributed by atoms with van der Waals surface area (Å²) < 4.78 is 27.0. The zero-order chi connectivity index (χ0) is 18.7. The lowest BCUT2D eigenvalue weighted by Gasteiger charge is -2.14. The van der Waals surface area contributed by atoms with Gasteiger partial charge >= 0.3 is 0 Å². The Bertz CT molecular complexity index is 574. The second-order valence-corrected chi connectivity index (χ2v) is 6.15. The quantitative estimate of drug-likeness (QED) is 0.411. The van der Waals surface area contributed by atoms with Gasteiger partial charge in [0.15, 0.2) is 5.83 Å². The molecule has 0 fully saturated rings. The van der Waals surface area contributed by atoms with Crippen LogP contribution in [0.4, 0.5) is 8.78 Å². The van der Waals surface area contributed by atoms with Crippen LogP contribution in [0.2, 0.25) is 0 Å². The first-order chi connectivity index (χ1) is 11.9. The predicted octanol–water partition coefficient (Wildman–Crippen LogP) is 4.00. The molecule has 0 aliphatic heterocycles. The van der Waals surface area contributed by atoms with E-state index in [1.54, 1.807) is 26.1 Å². The van der Waals surface area contributed by atoms with Crippen LogP contribution in [0.15, 0.2) is 51.8 Å². The number of aliphatic imine (C=N–C) groups is 1. The Morgan fingerprint density at radius 3 is 2.92 bits per heavy atom. The predicted molar refractivity (Wildman–Crippen MR) is 101 cm³/mol. The summed E-state index contributed by atoms with van der Waals surface area (Å²) in [4.78, 5) is 4.08. The van der Waals surface area contributed by atoms with Gasteiger partial charge in [0.25, 0.3) is 0 Å². The van der Waals surface area contributed by atoms with Crippen molar-refractivity contribution in [1.29, 1.82) is 0 Å². The van der Waals surface area contributed by atoms with Crippen LogP contribution in [0.3, 0.4) is 0 Å². The zero-order valence-electron chi connectivity index (χ0n) is 15.4. The van der Waals surface area contributed by atoms with Crippen molar-refractivity contribution in [2.24, 2.45) is 10.7 Å². The Kier molecular flexibility index (Phi) is 9.58. The number of rotatable bonds is 10. The summed E-state index contributed by atoms with van der Waals surface area (Å²) in [6.45, 7) is 6.76. The molecule has 1 aliphatic rings. The smallest absolute Gasteiger partial charge is 0.159 e. The van der Waals surface area contributed by atoms with Crippen LogP contribution in [-0.4, -0.2) is 25.5 Å². The molecule has 0 amide bonds. The average Bonchev–Trinajstić information content (AvgIpc) is 2.60. The highest BCUT2D eigenvalue weighted by Crippen LogP contribution is 2.18. The molecule has 0 aromatic rings. The molecule has 0 radical (unpaired) electrons. The summed E-state index contributed by atoms with van der Waals surface area (Å²) in [5, 5.41) is 6.07. The summed E-state index contributed by atoms with van der Waals surface area (Å²) in [6.07, 6.45) is 8.41. The summed E-state index contributed by atoms with van der Waals surface area (Å²) in [5.41, 5.74) is 8.69. The van der Waals surface area contributed by atoms with E-state index in [-0.39, 0.29) is 5.83 Å². The van der Waals surface area contributed by atoms with Crippen molar-refractivity contribution in [2.45, 2.75) is 52.6 Å². The third kappa shape index (κ3) is 8.52. The number of hydrogen-bond acceptors (Lipinski definition) is 4. The first-order valence-electron chi connectivity index (χ1n) is 8.77. The normalized spacial score (nSPS) is 19.4. The number of nitrogens with zero attached hydrogens (tertiary/aromatic N) is 1. The van der Waals surface area contributed by atoms with E-state index in [4.69, 9.17) is 5.73 Å². The molecule has 4 nitrogen and oxygen atoms in total. The van der Waals surface area contributed by atoms with Gasteiger partial charge < -0.3 is 16.4 Å². The van der Waals surface area contributed by atoms with E-state index in [0.29, 0.717) is 36.4 Å². The molecule has 4 N–H and O–H groups in total. The van der Waals surface area contributed by atoms with Crippen LogP contribution >= 0.6 is 0 Å². The minimum atomic E-state index is -0.889. The molecule has 0 bridgehead atoms. The molecule has 1 aliphatic carbocycles. The van der Waals surface area contributed by atoms with Crippen molar-refractivity contribution < 1.29 is 8.78 Å². The fraction of sp³-hybridized carbons (Fsp3) is 0.526. The minimum Gasteiger partial charge on any atom is -0.401 e. The van der Waals surface area contributed by atoms with Gasteiger partial charge in [0.05, 0.1) is 6.21 Å². The van der Waals surface area contributed by atoms with Crippen molar-refractivity contribution in [3.8, 4) is 0 Å². The standard InChI is InChI=1S/C19H30F2N4/c1-4-9-24-15(3)19(21)13-23-10-5-6-16(22)12-25-17-7-8-18(20)14(2)11-17/h7,11-13,18,24-25H,4-6,8-10,22H2,1-3H3/b16-12-,19-15-,23-13?. The molecule has 0 aromatic carbocycles. The Morgan fingerprint density at radius 2 is 2.24 bits per heavy atom. The molecular formula is C19H30F2N4. The van der Waals surface area contributed by atoms with Gasteiger partial charge in [0, 0.05) is 42.8 Å². The number of halogens is 2. The fourth-order valence-electron chi connectivity index (χ4n) is 2.17. The van der Waals surface area contributed by atoms with Crippen molar-refractivity contribution in [2.75, 3.05) is 13.1 Å². The number of hydrogen-bond donors (Lipinski definition) is 3. The van der Waals surface area contributed by atoms with Gasteiger partial charge in [-0.05, 0) is 44.8 Å². The lowest BCUT2D eigenvalue weighted by atomic mass is 10.0. The van der Waals surface area contributed by atoms with Crippen LogP contribution in [0.25, 0.3) is 0 Å². The summed E-state index contributed by atoms with van der Waals surface area (Å²) in [5.74, 6) is -0.337. The monoisotopic (exact) mass is 352 g/mol. The zero-order valence-corrected chi connectivity index (χ0v) is 15.4. The fourth-order valence-corrected chi connectivity index (χ4v) is 2.17. The summed E-state index contributed by atoms with van der Waals surface area (Å²) in [7, 11) is 0. The average molecular weight is 352 g/mol. The van der Waals surface area contributed by atoms with Crippen molar-refractivity contribution in [3.63, 3.8) is 0 Å². The van der Waals surface area contributed by atoms with E-state index in [9.17, 15) is 8.78 Å². The van der Waals surface area contributed by atoms with Crippen LogP contribution in [0, 0.1) is 0 Å². The molecule has 25 heavy (non-hydrogen) atoms. The van der Waals surface area contributed by atoms with Gasteiger partial charge in [-0.15, -0.1) is 0 Å². The number of nitrogens with two attached hydrogens (primary N) is 1. The lowest BCUT2D eigenvalue weighted by molar-refractivity contribution is 0.380. The highest BCUT2D eigenvalue weighted by Gasteiger charge is 2.12. The second kappa shape index (κ2) is 11.4. The molecule has 1 rings (SSSR count). The Labute approximate surface area is 149 Å². The summed E-state index contributed by atoms with van der Waals surface area (Å²) in [6, 6.07) is 0. The largest absolute Gasteiger partial charge is 0.401 e. The van der Waals surface area contributed by atoms with Gasteiger partial charge in [-0.25, -0.2) is 8.78 Å².